The van der Waals surface area contributed by atoms with Gasteiger partial charge in [-0.2, -0.15) is 0 Å². The first-order valence-corrected chi connectivity index (χ1v) is 4.39. The number of amides is 1. The molecule has 0 radical (unpaired) electrons. The molecular formula is C8H10Cl2N2O2. The maximum absolute atomic E-state index is 11.1. The van der Waals surface area contributed by atoms with E-state index in [2.05, 4.69) is 10.3 Å². The fraction of sp³-hybridized carbons (Fsp3) is 0.250. The van der Waals surface area contributed by atoms with E-state index in [1.165, 1.54) is 19.2 Å². The molecule has 0 atom stereocenters. The Morgan fingerprint density at radius 3 is 2.43 bits per heavy atom. The van der Waals surface area contributed by atoms with E-state index in [-0.39, 0.29) is 16.2 Å². The van der Waals surface area contributed by atoms with Crippen LogP contribution in [0.2, 0.25) is 10.3 Å². The molecule has 78 valence electrons. The lowest BCUT2D eigenvalue weighted by molar-refractivity contribution is 0.0963. The van der Waals surface area contributed by atoms with Gasteiger partial charge in [-0.25, -0.2) is 4.98 Å². The lowest BCUT2D eigenvalue weighted by Crippen LogP contribution is -2.18. The number of aliphatic hydroxyl groups is 1. The number of hydrogen-bond acceptors (Lipinski definition) is 3. The van der Waals surface area contributed by atoms with E-state index in [1.54, 1.807) is 0 Å². The second kappa shape index (κ2) is 6.59. The Morgan fingerprint density at radius 2 is 2.00 bits per heavy atom. The maximum Gasteiger partial charge on any atom is 0.254 e. The second-order valence-electron chi connectivity index (χ2n) is 2.05. The van der Waals surface area contributed by atoms with Gasteiger partial charge in [0, 0.05) is 14.2 Å². The van der Waals surface area contributed by atoms with Crippen LogP contribution in [0.15, 0.2) is 12.1 Å². The number of aromatic nitrogens is 1. The molecule has 1 aromatic heterocycles. The number of aliphatic hydroxyl groups excluding tert-OH is 1. The van der Waals surface area contributed by atoms with Gasteiger partial charge < -0.3 is 10.4 Å². The maximum atomic E-state index is 11.1. The minimum atomic E-state index is -0.274. The minimum absolute atomic E-state index is 0.113. The van der Waals surface area contributed by atoms with Gasteiger partial charge in [0.25, 0.3) is 5.91 Å². The number of carbonyl (C=O) groups is 1. The third-order valence-corrected chi connectivity index (χ3v) is 1.79. The SMILES string of the molecule is CNC(=O)c1ccc(Cl)nc1Cl.CO. The molecule has 6 heteroatoms. The molecule has 0 unspecified atom stereocenters. The first-order valence-electron chi connectivity index (χ1n) is 3.64. The summed E-state index contributed by atoms with van der Waals surface area (Å²) in [4.78, 5) is 14.8. The summed E-state index contributed by atoms with van der Waals surface area (Å²) in [6, 6.07) is 3.04. The average Bonchev–Trinajstić information content (AvgIpc) is 2.20. The van der Waals surface area contributed by atoms with Crippen molar-refractivity contribution in [1.82, 2.24) is 10.3 Å². The van der Waals surface area contributed by atoms with E-state index < -0.39 is 0 Å². The molecule has 1 heterocycles. The fourth-order valence-electron chi connectivity index (χ4n) is 0.716. The Labute approximate surface area is 91.9 Å². The minimum Gasteiger partial charge on any atom is -0.400 e. The van der Waals surface area contributed by atoms with Crippen LogP contribution in [0.5, 0.6) is 0 Å². The molecule has 2 N–H and O–H groups in total. The topological polar surface area (TPSA) is 62.2 Å². The van der Waals surface area contributed by atoms with Crippen molar-refractivity contribution in [2.45, 2.75) is 0 Å². The van der Waals surface area contributed by atoms with Crippen molar-refractivity contribution >= 4 is 29.1 Å². The van der Waals surface area contributed by atoms with Crippen molar-refractivity contribution in [1.29, 1.82) is 0 Å². The van der Waals surface area contributed by atoms with E-state index in [4.69, 9.17) is 28.3 Å². The van der Waals surface area contributed by atoms with Crippen molar-refractivity contribution in [3.63, 3.8) is 0 Å². The monoisotopic (exact) mass is 236 g/mol. The molecule has 0 aliphatic carbocycles. The molecule has 0 aliphatic rings. The van der Waals surface area contributed by atoms with Crippen LogP contribution >= 0.6 is 23.2 Å². The number of nitrogens with one attached hydrogen (secondary N) is 1. The number of rotatable bonds is 1. The van der Waals surface area contributed by atoms with Crippen LogP contribution in [0.4, 0.5) is 0 Å². The quantitative estimate of drug-likeness (QED) is 0.725. The zero-order valence-corrected chi connectivity index (χ0v) is 9.23. The molecule has 0 fully saturated rings. The highest BCUT2D eigenvalue weighted by Gasteiger charge is 2.09. The summed E-state index contributed by atoms with van der Waals surface area (Å²) in [6.45, 7) is 0. The van der Waals surface area contributed by atoms with Crippen molar-refractivity contribution < 1.29 is 9.90 Å². The average molecular weight is 237 g/mol. The number of halogens is 2. The predicted octanol–water partition coefficient (Wildman–Crippen LogP) is 1.36. The molecule has 0 saturated carbocycles. The van der Waals surface area contributed by atoms with E-state index in [0.29, 0.717) is 5.56 Å². The summed E-state index contributed by atoms with van der Waals surface area (Å²) in [5.74, 6) is -0.274. The fourth-order valence-corrected chi connectivity index (χ4v) is 1.15. The van der Waals surface area contributed by atoms with Gasteiger partial charge in [-0.15, -0.1) is 0 Å². The van der Waals surface area contributed by atoms with Crippen LogP contribution in [-0.4, -0.2) is 30.2 Å². The molecule has 1 aromatic rings. The van der Waals surface area contributed by atoms with E-state index in [0.717, 1.165) is 7.11 Å². The molecule has 0 spiro atoms. The van der Waals surface area contributed by atoms with E-state index in [9.17, 15) is 4.79 Å². The molecule has 0 bridgehead atoms. The largest absolute Gasteiger partial charge is 0.400 e. The molecule has 14 heavy (non-hydrogen) atoms. The van der Waals surface area contributed by atoms with Crippen LogP contribution in [0.3, 0.4) is 0 Å². The van der Waals surface area contributed by atoms with Gasteiger partial charge in [0.15, 0.2) is 0 Å². The van der Waals surface area contributed by atoms with Gasteiger partial charge in [-0.3, -0.25) is 4.79 Å². The molecule has 1 amide bonds. The third kappa shape index (κ3) is 3.49. The summed E-state index contributed by atoms with van der Waals surface area (Å²) < 4.78 is 0. The van der Waals surface area contributed by atoms with Crippen LogP contribution in [-0.2, 0) is 0 Å². The van der Waals surface area contributed by atoms with Crippen LogP contribution in [0.1, 0.15) is 10.4 Å². The first kappa shape index (κ1) is 13.2. The number of pyridine rings is 1. The van der Waals surface area contributed by atoms with E-state index in [1.807, 2.05) is 0 Å². The number of hydrogen-bond donors (Lipinski definition) is 2. The summed E-state index contributed by atoms with van der Waals surface area (Å²) >= 11 is 11.2. The lowest BCUT2D eigenvalue weighted by Gasteiger charge is -2.00. The van der Waals surface area contributed by atoms with Crippen molar-refractivity contribution in [2.24, 2.45) is 0 Å². The van der Waals surface area contributed by atoms with Crippen LogP contribution in [0, 0.1) is 0 Å². The normalized spacial score (nSPS) is 8.64. The van der Waals surface area contributed by atoms with Gasteiger partial charge >= 0.3 is 0 Å². The molecule has 0 aromatic carbocycles. The van der Waals surface area contributed by atoms with Crippen LogP contribution < -0.4 is 5.32 Å². The zero-order chi connectivity index (χ0) is 11.1. The molecular weight excluding hydrogens is 227 g/mol. The summed E-state index contributed by atoms with van der Waals surface area (Å²) in [7, 11) is 2.52. The Balaban J connectivity index is 0.000000791. The van der Waals surface area contributed by atoms with Gasteiger partial charge in [-0.1, -0.05) is 23.2 Å². The number of carbonyl (C=O) groups excluding carboxylic acids is 1. The third-order valence-electron chi connectivity index (χ3n) is 1.29. The Hall–Kier alpha value is -0.840. The van der Waals surface area contributed by atoms with Gasteiger partial charge in [-0.05, 0) is 12.1 Å². The summed E-state index contributed by atoms with van der Waals surface area (Å²) in [5, 5.41) is 9.82. The number of nitrogens with zero attached hydrogens (tertiary/aromatic N) is 1. The lowest BCUT2D eigenvalue weighted by atomic mass is 10.3. The highest BCUT2D eigenvalue weighted by molar-refractivity contribution is 6.34. The zero-order valence-electron chi connectivity index (χ0n) is 7.71. The summed E-state index contributed by atoms with van der Waals surface area (Å²) in [6.07, 6.45) is 0. The Bertz CT molecular complexity index is 318. The first-order chi connectivity index (χ1) is 6.65. The van der Waals surface area contributed by atoms with Crippen molar-refractivity contribution in [3.8, 4) is 0 Å². The Morgan fingerprint density at radius 1 is 1.43 bits per heavy atom. The molecule has 1 rings (SSSR count). The Kier molecular flexibility index (Phi) is 6.19. The second-order valence-corrected chi connectivity index (χ2v) is 2.80. The molecule has 0 aliphatic heterocycles. The predicted molar refractivity (Wildman–Crippen MR) is 55.8 cm³/mol. The van der Waals surface area contributed by atoms with Crippen molar-refractivity contribution in [3.05, 3.63) is 28.0 Å². The van der Waals surface area contributed by atoms with Crippen LogP contribution in [0.25, 0.3) is 0 Å². The van der Waals surface area contributed by atoms with Gasteiger partial charge in [0.05, 0.1) is 5.56 Å². The standard InChI is InChI=1S/C7H6Cl2N2O.CH4O/c1-10-7(12)4-2-3-5(8)11-6(4)9;1-2/h2-3H,1H3,(H,10,12);2H,1H3. The molecule has 4 nitrogen and oxygen atoms in total. The molecule has 0 saturated heterocycles. The van der Waals surface area contributed by atoms with Gasteiger partial charge in [0.2, 0.25) is 0 Å². The van der Waals surface area contributed by atoms with Crippen molar-refractivity contribution in [2.75, 3.05) is 14.2 Å². The van der Waals surface area contributed by atoms with E-state index >= 15 is 0 Å². The highest BCUT2D eigenvalue weighted by Crippen LogP contribution is 2.15. The van der Waals surface area contributed by atoms with Gasteiger partial charge in [0.1, 0.15) is 10.3 Å². The summed E-state index contributed by atoms with van der Waals surface area (Å²) in [5.41, 5.74) is 0.323. The smallest absolute Gasteiger partial charge is 0.254 e. The highest BCUT2D eigenvalue weighted by atomic mass is 35.5.